The van der Waals surface area contributed by atoms with E-state index in [0.29, 0.717) is 11.5 Å². The third-order valence-corrected chi connectivity index (χ3v) is 3.22. The van der Waals surface area contributed by atoms with Crippen LogP contribution in [0, 0.1) is 11.3 Å². The van der Waals surface area contributed by atoms with Gasteiger partial charge in [0.1, 0.15) is 23.6 Å². The van der Waals surface area contributed by atoms with Gasteiger partial charge in [-0.2, -0.15) is 5.26 Å². The summed E-state index contributed by atoms with van der Waals surface area (Å²) >= 11 is 0. The Hall–Kier alpha value is -2.26. The van der Waals surface area contributed by atoms with Gasteiger partial charge >= 0.3 is 0 Å². The predicted octanol–water partition coefficient (Wildman–Crippen LogP) is 1.27. The molecule has 0 spiro atoms. The molecule has 1 amide bonds. The van der Waals surface area contributed by atoms with E-state index < -0.39 is 0 Å². The van der Waals surface area contributed by atoms with Crippen LogP contribution in [0.25, 0.3) is 0 Å². The van der Waals surface area contributed by atoms with Gasteiger partial charge in [0.15, 0.2) is 6.61 Å². The molecule has 1 aliphatic heterocycles. The zero-order chi connectivity index (χ0) is 15.5. The minimum atomic E-state index is -0.341. The first-order valence-corrected chi connectivity index (χ1v) is 6.76. The summed E-state index contributed by atoms with van der Waals surface area (Å²) in [7, 11) is 0. The largest absolute Gasteiger partial charge is 0.487 e. The Morgan fingerprint density at radius 1 is 1.62 bits per heavy atom. The standard InChI is InChI=1S/C15H19N3O3/c1-15(2)8-12(17)11-4-3-10(7-13(11)21-15)20-9-14(19)18-6-5-16/h3-4,7,12H,6,8-9,17H2,1-2H3,(H,18,19). The van der Waals surface area contributed by atoms with E-state index in [-0.39, 0.29) is 30.7 Å². The van der Waals surface area contributed by atoms with Crippen molar-refractivity contribution in [2.75, 3.05) is 13.2 Å². The lowest BCUT2D eigenvalue weighted by molar-refractivity contribution is -0.122. The second kappa shape index (κ2) is 6.02. The minimum Gasteiger partial charge on any atom is -0.487 e. The van der Waals surface area contributed by atoms with Crippen molar-refractivity contribution < 1.29 is 14.3 Å². The molecule has 2 rings (SSSR count). The number of nitrogens with two attached hydrogens (primary N) is 1. The third kappa shape index (κ3) is 3.86. The average Bonchev–Trinajstić information content (AvgIpc) is 2.41. The lowest BCUT2D eigenvalue weighted by Crippen LogP contribution is -2.37. The summed E-state index contributed by atoms with van der Waals surface area (Å²) in [5, 5.41) is 10.8. The normalized spacial score (nSPS) is 18.9. The first kappa shape index (κ1) is 15.1. The molecule has 6 heteroatoms. The number of nitrogens with one attached hydrogen (secondary N) is 1. The maximum atomic E-state index is 11.4. The number of carbonyl (C=O) groups is 1. The molecular weight excluding hydrogens is 270 g/mol. The van der Waals surface area contributed by atoms with Crippen LogP contribution in [0.2, 0.25) is 0 Å². The molecule has 0 fully saturated rings. The van der Waals surface area contributed by atoms with E-state index in [4.69, 9.17) is 20.5 Å². The number of nitrogens with zero attached hydrogens (tertiary/aromatic N) is 1. The highest BCUT2D eigenvalue weighted by atomic mass is 16.5. The van der Waals surface area contributed by atoms with Gasteiger partial charge in [0, 0.05) is 24.1 Å². The smallest absolute Gasteiger partial charge is 0.258 e. The molecular formula is C15H19N3O3. The van der Waals surface area contributed by atoms with E-state index in [0.717, 1.165) is 12.0 Å². The van der Waals surface area contributed by atoms with Gasteiger partial charge in [0.05, 0.1) is 6.07 Å². The van der Waals surface area contributed by atoms with Crippen LogP contribution in [0.1, 0.15) is 31.9 Å². The van der Waals surface area contributed by atoms with Crippen LogP contribution < -0.4 is 20.5 Å². The molecule has 0 bridgehead atoms. The summed E-state index contributed by atoms with van der Waals surface area (Å²) in [6.07, 6.45) is 0.747. The molecule has 0 aliphatic carbocycles. The summed E-state index contributed by atoms with van der Waals surface area (Å²) in [4.78, 5) is 11.4. The highest BCUT2D eigenvalue weighted by Gasteiger charge is 2.31. The van der Waals surface area contributed by atoms with Crippen LogP contribution in [-0.2, 0) is 4.79 Å². The summed E-state index contributed by atoms with van der Waals surface area (Å²) in [6, 6.07) is 7.12. The van der Waals surface area contributed by atoms with Crippen LogP contribution in [0.5, 0.6) is 11.5 Å². The topological polar surface area (TPSA) is 97.4 Å². The molecule has 0 saturated heterocycles. The fraction of sp³-hybridized carbons (Fsp3) is 0.467. The number of fused-ring (bicyclic) bond motifs is 1. The Morgan fingerprint density at radius 3 is 3.10 bits per heavy atom. The molecule has 6 nitrogen and oxygen atoms in total. The summed E-state index contributed by atoms with van der Waals surface area (Å²) in [5.41, 5.74) is 6.75. The number of benzene rings is 1. The van der Waals surface area contributed by atoms with E-state index in [1.165, 1.54) is 0 Å². The van der Waals surface area contributed by atoms with Crippen LogP contribution in [0.4, 0.5) is 0 Å². The molecule has 3 N–H and O–H groups in total. The van der Waals surface area contributed by atoms with E-state index in [2.05, 4.69) is 5.32 Å². The monoisotopic (exact) mass is 289 g/mol. The number of hydrogen-bond acceptors (Lipinski definition) is 5. The lowest BCUT2D eigenvalue weighted by atomic mass is 9.90. The number of nitriles is 1. The lowest BCUT2D eigenvalue weighted by Gasteiger charge is -2.36. The number of carbonyl (C=O) groups excluding carboxylic acids is 1. The van der Waals surface area contributed by atoms with Gasteiger partial charge in [0.2, 0.25) is 0 Å². The quantitative estimate of drug-likeness (QED) is 0.813. The Morgan fingerprint density at radius 2 is 2.38 bits per heavy atom. The number of amides is 1. The Bertz CT molecular complexity index is 578. The van der Waals surface area contributed by atoms with Gasteiger partial charge in [-0.3, -0.25) is 4.79 Å². The first-order chi connectivity index (χ1) is 9.91. The number of ether oxygens (including phenoxy) is 2. The van der Waals surface area contributed by atoms with Crippen molar-refractivity contribution in [1.29, 1.82) is 5.26 Å². The van der Waals surface area contributed by atoms with Gasteiger partial charge in [-0.05, 0) is 19.9 Å². The Balaban J connectivity index is 2.04. The zero-order valence-electron chi connectivity index (χ0n) is 12.2. The van der Waals surface area contributed by atoms with E-state index in [1.807, 2.05) is 26.0 Å². The van der Waals surface area contributed by atoms with Crippen molar-refractivity contribution in [1.82, 2.24) is 5.32 Å². The predicted molar refractivity (Wildman–Crippen MR) is 76.8 cm³/mol. The molecule has 1 unspecified atom stereocenters. The Labute approximate surface area is 123 Å². The Kier molecular flexibility index (Phi) is 4.34. The summed E-state index contributed by atoms with van der Waals surface area (Å²) in [6.45, 7) is 3.80. The molecule has 0 aromatic heterocycles. The van der Waals surface area contributed by atoms with Crippen LogP contribution in [0.15, 0.2) is 18.2 Å². The summed E-state index contributed by atoms with van der Waals surface area (Å²) < 4.78 is 11.3. The van der Waals surface area contributed by atoms with E-state index in [9.17, 15) is 4.79 Å². The number of rotatable bonds is 4. The van der Waals surface area contributed by atoms with Gasteiger partial charge in [0.25, 0.3) is 5.91 Å². The van der Waals surface area contributed by atoms with Crippen LogP contribution in [0.3, 0.4) is 0 Å². The van der Waals surface area contributed by atoms with Crippen molar-refractivity contribution in [2.24, 2.45) is 5.73 Å². The second-order valence-electron chi connectivity index (χ2n) is 5.60. The SMILES string of the molecule is CC1(C)CC(N)c2ccc(OCC(=O)NCC#N)cc2O1. The molecule has 0 saturated carbocycles. The molecule has 1 aliphatic rings. The van der Waals surface area contributed by atoms with Crippen molar-refractivity contribution in [3.63, 3.8) is 0 Å². The van der Waals surface area contributed by atoms with Gasteiger partial charge < -0.3 is 20.5 Å². The van der Waals surface area contributed by atoms with Gasteiger partial charge in [-0.1, -0.05) is 6.07 Å². The molecule has 1 atom stereocenters. The van der Waals surface area contributed by atoms with Crippen molar-refractivity contribution >= 4 is 5.91 Å². The van der Waals surface area contributed by atoms with E-state index >= 15 is 0 Å². The zero-order valence-corrected chi connectivity index (χ0v) is 12.2. The van der Waals surface area contributed by atoms with Crippen LogP contribution >= 0.6 is 0 Å². The van der Waals surface area contributed by atoms with Gasteiger partial charge in [-0.25, -0.2) is 0 Å². The second-order valence-corrected chi connectivity index (χ2v) is 5.60. The average molecular weight is 289 g/mol. The van der Waals surface area contributed by atoms with Gasteiger partial charge in [-0.15, -0.1) is 0 Å². The van der Waals surface area contributed by atoms with Crippen LogP contribution in [-0.4, -0.2) is 24.7 Å². The first-order valence-electron chi connectivity index (χ1n) is 6.76. The maximum Gasteiger partial charge on any atom is 0.258 e. The fourth-order valence-electron chi connectivity index (χ4n) is 2.32. The molecule has 1 aromatic rings. The highest BCUT2D eigenvalue weighted by molar-refractivity contribution is 5.77. The molecule has 1 heterocycles. The third-order valence-electron chi connectivity index (χ3n) is 3.22. The van der Waals surface area contributed by atoms with E-state index in [1.54, 1.807) is 12.1 Å². The number of hydrogen-bond donors (Lipinski definition) is 2. The fourth-order valence-corrected chi connectivity index (χ4v) is 2.32. The van der Waals surface area contributed by atoms with Crippen molar-refractivity contribution in [2.45, 2.75) is 31.9 Å². The molecule has 112 valence electrons. The highest BCUT2D eigenvalue weighted by Crippen LogP contribution is 2.39. The molecule has 1 aromatic carbocycles. The van der Waals surface area contributed by atoms with Crippen molar-refractivity contribution in [3.05, 3.63) is 23.8 Å². The molecule has 21 heavy (non-hydrogen) atoms. The molecule has 0 radical (unpaired) electrons. The van der Waals surface area contributed by atoms with Crippen molar-refractivity contribution in [3.8, 4) is 17.6 Å². The summed E-state index contributed by atoms with van der Waals surface area (Å²) in [5.74, 6) is 0.881. The maximum absolute atomic E-state index is 11.4. The minimum absolute atomic E-state index is 0.0292.